The fourth-order valence-electron chi connectivity index (χ4n) is 4.86. The highest BCUT2D eigenvalue weighted by Crippen LogP contribution is 2.62. The standard InChI is InChI=1S/C18H26FNO2/c1-17(2)10-18(12-21-3)11-20(9-16(17)18)8-13-5-6-14(22-4)7-15(13)19/h5-7,16H,8-12H2,1-4H3/t16-,18-/m1/s1. The first kappa shape index (κ1) is 15.8. The lowest BCUT2D eigenvalue weighted by Crippen LogP contribution is -2.55. The second-order valence-electron chi connectivity index (χ2n) is 7.64. The van der Waals surface area contributed by atoms with Crippen molar-refractivity contribution in [3.8, 4) is 5.75 Å². The molecule has 122 valence electrons. The van der Waals surface area contributed by atoms with Gasteiger partial charge in [-0.3, -0.25) is 4.90 Å². The van der Waals surface area contributed by atoms with Crippen molar-refractivity contribution >= 4 is 0 Å². The summed E-state index contributed by atoms with van der Waals surface area (Å²) in [5.74, 6) is 1.03. The lowest BCUT2D eigenvalue weighted by molar-refractivity contribution is -0.107. The van der Waals surface area contributed by atoms with Crippen LogP contribution >= 0.6 is 0 Å². The van der Waals surface area contributed by atoms with Gasteiger partial charge < -0.3 is 9.47 Å². The molecule has 1 aromatic carbocycles. The Morgan fingerprint density at radius 1 is 1.32 bits per heavy atom. The second-order valence-corrected chi connectivity index (χ2v) is 7.64. The minimum absolute atomic E-state index is 0.182. The molecule has 2 atom stereocenters. The Bertz CT molecular complexity index is 560. The highest BCUT2D eigenvalue weighted by molar-refractivity contribution is 5.29. The highest BCUT2D eigenvalue weighted by Gasteiger charge is 2.62. The number of nitrogens with zero attached hydrogens (tertiary/aromatic N) is 1. The predicted octanol–water partition coefficient (Wildman–Crippen LogP) is 3.33. The third kappa shape index (κ3) is 2.52. The highest BCUT2D eigenvalue weighted by atomic mass is 19.1. The molecule has 0 radical (unpaired) electrons. The SMILES string of the molecule is COC[C@@]12CN(Cc3ccc(OC)cc3F)C[C@@H]1C(C)(C)C2. The number of benzene rings is 1. The summed E-state index contributed by atoms with van der Waals surface area (Å²) in [6.07, 6.45) is 1.19. The van der Waals surface area contributed by atoms with Crippen molar-refractivity contribution in [2.75, 3.05) is 33.9 Å². The van der Waals surface area contributed by atoms with Gasteiger partial charge in [-0.15, -0.1) is 0 Å². The van der Waals surface area contributed by atoms with E-state index in [1.165, 1.54) is 12.5 Å². The fraction of sp³-hybridized carbons (Fsp3) is 0.667. The Morgan fingerprint density at radius 3 is 2.68 bits per heavy atom. The van der Waals surface area contributed by atoms with Gasteiger partial charge in [0.05, 0.1) is 13.7 Å². The summed E-state index contributed by atoms with van der Waals surface area (Å²) in [5, 5.41) is 0. The van der Waals surface area contributed by atoms with Gasteiger partial charge in [-0.2, -0.15) is 0 Å². The van der Waals surface area contributed by atoms with Crippen molar-refractivity contribution in [1.82, 2.24) is 4.90 Å². The van der Waals surface area contributed by atoms with E-state index in [0.29, 0.717) is 23.6 Å². The van der Waals surface area contributed by atoms with Gasteiger partial charge in [-0.25, -0.2) is 4.39 Å². The molecule has 0 N–H and O–H groups in total. The van der Waals surface area contributed by atoms with E-state index < -0.39 is 0 Å². The number of hydrogen-bond acceptors (Lipinski definition) is 3. The number of ether oxygens (including phenoxy) is 2. The zero-order chi connectivity index (χ0) is 16.0. The van der Waals surface area contributed by atoms with E-state index in [4.69, 9.17) is 9.47 Å². The predicted molar refractivity (Wildman–Crippen MR) is 84.4 cm³/mol. The summed E-state index contributed by atoms with van der Waals surface area (Å²) in [4.78, 5) is 2.38. The monoisotopic (exact) mass is 307 g/mol. The van der Waals surface area contributed by atoms with Crippen LogP contribution in [0.25, 0.3) is 0 Å². The van der Waals surface area contributed by atoms with Crippen molar-refractivity contribution < 1.29 is 13.9 Å². The van der Waals surface area contributed by atoms with Crippen LogP contribution in [0.15, 0.2) is 18.2 Å². The Morgan fingerprint density at radius 2 is 2.09 bits per heavy atom. The largest absolute Gasteiger partial charge is 0.497 e. The summed E-state index contributed by atoms with van der Waals surface area (Å²) in [7, 11) is 3.34. The molecule has 0 spiro atoms. The number of hydrogen-bond donors (Lipinski definition) is 0. The van der Waals surface area contributed by atoms with Crippen molar-refractivity contribution in [1.29, 1.82) is 0 Å². The number of fused-ring (bicyclic) bond motifs is 1. The summed E-state index contributed by atoms with van der Waals surface area (Å²) in [6, 6.07) is 5.13. The van der Waals surface area contributed by atoms with Crippen LogP contribution in [0.3, 0.4) is 0 Å². The number of rotatable bonds is 5. The Hall–Kier alpha value is -1.13. The molecule has 4 heteroatoms. The van der Waals surface area contributed by atoms with Crippen molar-refractivity contribution in [2.45, 2.75) is 26.8 Å². The van der Waals surface area contributed by atoms with Gasteiger partial charge in [0.2, 0.25) is 0 Å². The van der Waals surface area contributed by atoms with Crippen LogP contribution in [0, 0.1) is 22.6 Å². The van der Waals surface area contributed by atoms with Crippen molar-refractivity contribution in [3.05, 3.63) is 29.6 Å². The van der Waals surface area contributed by atoms with Gasteiger partial charge in [-0.05, 0) is 23.8 Å². The van der Waals surface area contributed by atoms with E-state index >= 15 is 0 Å². The second kappa shape index (κ2) is 5.50. The molecule has 3 rings (SSSR count). The average Bonchev–Trinajstić information content (AvgIpc) is 2.75. The van der Waals surface area contributed by atoms with Gasteiger partial charge in [0, 0.05) is 43.8 Å². The first-order chi connectivity index (χ1) is 10.4. The molecule has 3 nitrogen and oxygen atoms in total. The van der Waals surface area contributed by atoms with E-state index in [2.05, 4.69) is 18.7 Å². The maximum Gasteiger partial charge on any atom is 0.131 e. The molecule has 2 aliphatic rings. The van der Waals surface area contributed by atoms with Crippen molar-refractivity contribution in [3.63, 3.8) is 0 Å². The number of methoxy groups -OCH3 is 2. The molecular weight excluding hydrogens is 281 g/mol. The first-order valence-electron chi connectivity index (χ1n) is 7.94. The van der Waals surface area contributed by atoms with E-state index in [1.807, 2.05) is 12.1 Å². The molecule has 0 amide bonds. The Kier molecular flexibility index (Phi) is 3.94. The quantitative estimate of drug-likeness (QED) is 0.833. The van der Waals surface area contributed by atoms with Crippen LogP contribution in [-0.2, 0) is 11.3 Å². The molecule has 1 heterocycles. The lowest BCUT2D eigenvalue weighted by Gasteiger charge is -2.56. The number of likely N-dealkylation sites (tertiary alicyclic amines) is 1. The molecule has 22 heavy (non-hydrogen) atoms. The zero-order valence-electron chi connectivity index (χ0n) is 14.0. The molecule has 0 bridgehead atoms. The summed E-state index contributed by atoms with van der Waals surface area (Å²) in [5.41, 5.74) is 1.37. The molecule has 1 saturated carbocycles. The normalized spacial score (nSPS) is 30.0. The lowest BCUT2D eigenvalue weighted by atomic mass is 9.48. The molecule has 1 aliphatic carbocycles. The van der Waals surface area contributed by atoms with Crippen LogP contribution in [-0.4, -0.2) is 38.8 Å². The van der Waals surface area contributed by atoms with E-state index in [1.54, 1.807) is 14.2 Å². The molecule has 0 unspecified atom stereocenters. The van der Waals surface area contributed by atoms with Gasteiger partial charge in [0.1, 0.15) is 11.6 Å². The van der Waals surface area contributed by atoms with Gasteiger partial charge in [-0.1, -0.05) is 19.9 Å². The molecule has 1 aliphatic heterocycles. The smallest absolute Gasteiger partial charge is 0.131 e. The summed E-state index contributed by atoms with van der Waals surface area (Å²) in [6.45, 7) is 8.17. The summed E-state index contributed by atoms with van der Waals surface area (Å²) < 4.78 is 24.7. The van der Waals surface area contributed by atoms with Crippen molar-refractivity contribution in [2.24, 2.45) is 16.7 Å². The minimum atomic E-state index is -0.182. The van der Waals surface area contributed by atoms with Crippen LogP contribution < -0.4 is 4.74 Å². The molecule has 2 fully saturated rings. The zero-order valence-corrected chi connectivity index (χ0v) is 14.0. The average molecular weight is 307 g/mol. The summed E-state index contributed by atoms with van der Waals surface area (Å²) >= 11 is 0. The van der Waals surface area contributed by atoms with Crippen LogP contribution in [0.1, 0.15) is 25.8 Å². The van der Waals surface area contributed by atoms with Crippen LogP contribution in [0.4, 0.5) is 4.39 Å². The van der Waals surface area contributed by atoms with Crippen LogP contribution in [0.2, 0.25) is 0 Å². The van der Waals surface area contributed by atoms with Gasteiger partial charge in [0.15, 0.2) is 0 Å². The maximum atomic E-state index is 14.2. The van der Waals surface area contributed by atoms with Gasteiger partial charge in [0.25, 0.3) is 0 Å². The molecule has 0 aromatic heterocycles. The first-order valence-corrected chi connectivity index (χ1v) is 7.94. The van der Waals surface area contributed by atoms with E-state index in [9.17, 15) is 4.39 Å². The number of halogens is 1. The topological polar surface area (TPSA) is 21.7 Å². The van der Waals surface area contributed by atoms with E-state index in [-0.39, 0.29) is 11.2 Å². The fourth-order valence-corrected chi connectivity index (χ4v) is 4.86. The third-order valence-corrected chi connectivity index (χ3v) is 5.56. The van der Waals surface area contributed by atoms with Gasteiger partial charge >= 0.3 is 0 Å². The third-order valence-electron chi connectivity index (χ3n) is 5.56. The molecule has 1 saturated heterocycles. The molecular formula is C18H26FNO2. The van der Waals surface area contributed by atoms with Crippen LogP contribution in [0.5, 0.6) is 5.75 Å². The Labute approximate surface area is 132 Å². The Balaban J connectivity index is 1.72. The maximum absolute atomic E-state index is 14.2. The molecule has 1 aromatic rings. The minimum Gasteiger partial charge on any atom is -0.497 e. The van der Waals surface area contributed by atoms with E-state index in [0.717, 1.165) is 25.3 Å².